The van der Waals surface area contributed by atoms with Crippen molar-refractivity contribution in [2.45, 2.75) is 20.4 Å². The van der Waals surface area contributed by atoms with Crippen LogP contribution in [0.5, 0.6) is 0 Å². The van der Waals surface area contributed by atoms with E-state index in [1.807, 2.05) is 20.0 Å². The van der Waals surface area contributed by atoms with Gasteiger partial charge in [-0.3, -0.25) is 0 Å². The molecule has 0 saturated heterocycles. The van der Waals surface area contributed by atoms with Gasteiger partial charge in [0.1, 0.15) is 0 Å². The van der Waals surface area contributed by atoms with Crippen LogP contribution < -0.4 is 5.32 Å². The van der Waals surface area contributed by atoms with Gasteiger partial charge < -0.3 is 5.32 Å². The molecule has 1 nitrogen and oxygen atoms in total. The van der Waals surface area contributed by atoms with Gasteiger partial charge in [-0.1, -0.05) is 27.5 Å². The molecule has 1 N–H and O–H groups in total. The minimum Gasteiger partial charge on any atom is -0.316 e. The van der Waals surface area contributed by atoms with Crippen LogP contribution in [0.3, 0.4) is 0 Å². The molecule has 13 heavy (non-hydrogen) atoms. The third-order valence-electron chi connectivity index (χ3n) is 2.17. The second-order valence-electron chi connectivity index (χ2n) is 3.11. The third kappa shape index (κ3) is 2.25. The molecular formula is C10H13BrClN. The molecule has 0 aliphatic heterocycles. The highest BCUT2D eigenvalue weighted by Crippen LogP contribution is 2.30. The van der Waals surface area contributed by atoms with E-state index in [1.165, 1.54) is 11.1 Å². The molecule has 1 aromatic rings. The Labute approximate surface area is 92.6 Å². The lowest BCUT2D eigenvalue weighted by atomic mass is 10.1. The highest BCUT2D eigenvalue weighted by molar-refractivity contribution is 9.10. The van der Waals surface area contributed by atoms with Crippen molar-refractivity contribution in [1.82, 2.24) is 5.32 Å². The first-order valence-corrected chi connectivity index (χ1v) is 5.33. The molecule has 0 unspecified atom stereocenters. The third-order valence-corrected chi connectivity index (χ3v) is 3.75. The monoisotopic (exact) mass is 261 g/mol. The summed E-state index contributed by atoms with van der Waals surface area (Å²) in [5, 5.41) is 3.94. The quantitative estimate of drug-likeness (QED) is 0.861. The van der Waals surface area contributed by atoms with Crippen LogP contribution in [-0.2, 0) is 6.54 Å². The zero-order chi connectivity index (χ0) is 10.0. The van der Waals surface area contributed by atoms with Crippen LogP contribution in [0.2, 0.25) is 5.02 Å². The molecule has 0 spiro atoms. The molecule has 0 amide bonds. The Bertz CT molecular complexity index is 323. The zero-order valence-electron chi connectivity index (χ0n) is 8.04. The zero-order valence-corrected chi connectivity index (χ0v) is 10.4. The van der Waals surface area contributed by atoms with E-state index >= 15 is 0 Å². The van der Waals surface area contributed by atoms with Crippen molar-refractivity contribution in [1.29, 1.82) is 0 Å². The molecule has 0 aliphatic rings. The largest absolute Gasteiger partial charge is 0.316 e. The van der Waals surface area contributed by atoms with Crippen LogP contribution in [0.15, 0.2) is 10.5 Å². The van der Waals surface area contributed by atoms with Crippen molar-refractivity contribution in [2.75, 3.05) is 7.05 Å². The van der Waals surface area contributed by atoms with Gasteiger partial charge in [0.05, 0.1) is 0 Å². The first-order chi connectivity index (χ1) is 6.07. The first kappa shape index (κ1) is 11.0. The van der Waals surface area contributed by atoms with Crippen molar-refractivity contribution in [2.24, 2.45) is 0 Å². The van der Waals surface area contributed by atoms with E-state index in [-0.39, 0.29) is 0 Å². The van der Waals surface area contributed by atoms with Crippen LogP contribution in [0, 0.1) is 13.8 Å². The number of benzene rings is 1. The first-order valence-electron chi connectivity index (χ1n) is 4.16. The molecule has 3 heteroatoms. The van der Waals surface area contributed by atoms with Crippen molar-refractivity contribution >= 4 is 27.5 Å². The van der Waals surface area contributed by atoms with E-state index in [0.29, 0.717) is 0 Å². The van der Waals surface area contributed by atoms with Crippen LogP contribution in [0.4, 0.5) is 0 Å². The van der Waals surface area contributed by atoms with Gasteiger partial charge in [-0.15, -0.1) is 0 Å². The maximum absolute atomic E-state index is 6.07. The van der Waals surface area contributed by atoms with Crippen LogP contribution in [-0.4, -0.2) is 7.05 Å². The predicted molar refractivity (Wildman–Crippen MR) is 61.4 cm³/mol. The lowest BCUT2D eigenvalue weighted by molar-refractivity contribution is 0.810. The van der Waals surface area contributed by atoms with Gasteiger partial charge in [-0.2, -0.15) is 0 Å². The molecule has 0 bridgehead atoms. The summed E-state index contributed by atoms with van der Waals surface area (Å²) in [6.07, 6.45) is 0. The lowest BCUT2D eigenvalue weighted by Gasteiger charge is -2.11. The minimum atomic E-state index is 0.822. The molecule has 0 atom stereocenters. The van der Waals surface area contributed by atoms with Gasteiger partial charge in [0, 0.05) is 16.0 Å². The molecule has 72 valence electrons. The lowest BCUT2D eigenvalue weighted by Crippen LogP contribution is -2.07. The summed E-state index contributed by atoms with van der Waals surface area (Å²) in [7, 11) is 1.93. The molecule has 0 fully saturated rings. The standard InChI is InChI=1S/C10H13BrClN/c1-6-8(5-13-3)4-9(12)7(2)10(6)11/h4,13H,5H2,1-3H3. The van der Waals surface area contributed by atoms with Gasteiger partial charge in [0.15, 0.2) is 0 Å². The molecule has 0 heterocycles. The molecule has 0 aromatic heterocycles. The Balaban J connectivity index is 3.24. The molecule has 1 rings (SSSR count). The summed E-state index contributed by atoms with van der Waals surface area (Å²) in [4.78, 5) is 0. The smallest absolute Gasteiger partial charge is 0.0449 e. The molecule has 0 radical (unpaired) electrons. The van der Waals surface area contributed by atoms with Crippen molar-refractivity contribution in [3.63, 3.8) is 0 Å². The summed E-state index contributed by atoms with van der Waals surface area (Å²) in [5.41, 5.74) is 3.61. The highest BCUT2D eigenvalue weighted by atomic mass is 79.9. The molecule has 0 saturated carbocycles. The fraction of sp³-hybridized carbons (Fsp3) is 0.400. The van der Waals surface area contributed by atoms with E-state index in [0.717, 1.165) is 21.6 Å². The molecular weight excluding hydrogens is 249 g/mol. The van der Waals surface area contributed by atoms with Gasteiger partial charge in [0.2, 0.25) is 0 Å². The fourth-order valence-electron chi connectivity index (χ4n) is 1.27. The van der Waals surface area contributed by atoms with E-state index < -0.39 is 0 Å². The molecule has 1 aromatic carbocycles. The number of halogens is 2. The van der Waals surface area contributed by atoms with Crippen molar-refractivity contribution in [3.8, 4) is 0 Å². The molecule has 0 aliphatic carbocycles. The summed E-state index contributed by atoms with van der Waals surface area (Å²) in [6.45, 7) is 4.97. The second kappa shape index (κ2) is 4.45. The second-order valence-corrected chi connectivity index (χ2v) is 4.31. The SMILES string of the molecule is CNCc1cc(Cl)c(C)c(Br)c1C. The Morgan fingerprint density at radius 1 is 1.38 bits per heavy atom. The topological polar surface area (TPSA) is 12.0 Å². The Kier molecular flexibility index (Phi) is 3.77. The Morgan fingerprint density at radius 2 is 2.00 bits per heavy atom. The fourth-order valence-corrected chi connectivity index (χ4v) is 2.08. The Morgan fingerprint density at radius 3 is 2.54 bits per heavy atom. The average molecular weight is 263 g/mol. The van der Waals surface area contributed by atoms with E-state index in [9.17, 15) is 0 Å². The van der Waals surface area contributed by atoms with Gasteiger partial charge in [-0.05, 0) is 43.7 Å². The van der Waals surface area contributed by atoms with E-state index in [4.69, 9.17) is 11.6 Å². The predicted octanol–water partition coefficient (Wildman–Crippen LogP) is 3.44. The maximum atomic E-state index is 6.07. The number of rotatable bonds is 2. The van der Waals surface area contributed by atoms with Crippen LogP contribution in [0.25, 0.3) is 0 Å². The summed E-state index contributed by atoms with van der Waals surface area (Å²) >= 11 is 9.61. The number of hydrogen-bond acceptors (Lipinski definition) is 1. The van der Waals surface area contributed by atoms with E-state index in [2.05, 4.69) is 28.2 Å². The van der Waals surface area contributed by atoms with Crippen molar-refractivity contribution < 1.29 is 0 Å². The summed E-state index contributed by atoms with van der Waals surface area (Å²) in [5.74, 6) is 0. The highest BCUT2D eigenvalue weighted by Gasteiger charge is 2.08. The summed E-state index contributed by atoms with van der Waals surface area (Å²) < 4.78 is 1.12. The van der Waals surface area contributed by atoms with Crippen LogP contribution >= 0.6 is 27.5 Å². The van der Waals surface area contributed by atoms with Gasteiger partial charge in [0.25, 0.3) is 0 Å². The average Bonchev–Trinajstić information content (AvgIpc) is 2.11. The van der Waals surface area contributed by atoms with Crippen molar-refractivity contribution in [3.05, 3.63) is 32.3 Å². The number of hydrogen-bond donors (Lipinski definition) is 1. The number of nitrogens with one attached hydrogen (secondary N) is 1. The Hall–Kier alpha value is -0.0500. The normalized spacial score (nSPS) is 10.5. The van der Waals surface area contributed by atoms with Gasteiger partial charge in [-0.25, -0.2) is 0 Å². The van der Waals surface area contributed by atoms with Gasteiger partial charge >= 0.3 is 0 Å². The summed E-state index contributed by atoms with van der Waals surface area (Å²) in [6, 6.07) is 2.02. The van der Waals surface area contributed by atoms with Crippen LogP contribution in [0.1, 0.15) is 16.7 Å². The van der Waals surface area contributed by atoms with E-state index in [1.54, 1.807) is 0 Å². The maximum Gasteiger partial charge on any atom is 0.0449 e. The minimum absolute atomic E-state index is 0.822.